The second-order valence-corrected chi connectivity index (χ2v) is 2.25. The highest BCUT2D eigenvalue weighted by Gasteiger charge is 2.19. The molecule has 0 aliphatic heterocycles. The standard InChI is InChI=1S/C8H12N2/c1-3-5-8(10,7-9)6-4-2/h3-4H,1-2,5-6,10H2. The molecule has 0 aromatic rings. The van der Waals surface area contributed by atoms with Crippen molar-refractivity contribution in [2.24, 2.45) is 5.73 Å². The fraction of sp³-hybridized carbons (Fsp3) is 0.375. The van der Waals surface area contributed by atoms with Gasteiger partial charge >= 0.3 is 0 Å². The molecule has 0 heterocycles. The maximum Gasteiger partial charge on any atom is 0.111 e. The molecule has 0 aliphatic carbocycles. The van der Waals surface area contributed by atoms with Crippen molar-refractivity contribution in [3.05, 3.63) is 25.3 Å². The molecular formula is C8H12N2. The molecule has 2 nitrogen and oxygen atoms in total. The number of nitrogens with zero attached hydrogens (tertiary/aromatic N) is 1. The number of rotatable bonds is 4. The van der Waals surface area contributed by atoms with Crippen LogP contribution in [0.4, 0.5) is 0 Å². The summed E-state index contributed by atoms with van der Waals surface area (Å²) >= 11 is 0. The van der Waals surface area contributed by atoms with Crippen molar-refractivity contribution in [3.8, 4) is 6.07 Å². The molecule has 0 radical (unpaired) electrons. The summed E-state index contributed by atoms with van der Waals surface area (Å²) in [7, 11) is 0. The topological polar surface area (TPSA) is 49.8 Å². The quantitative estimate of drug-likeness (QED) is 0.593. The van der Waals surface area contributed by atoms with Gasteiger partial charge in [0, 0.05) is 0 Å². The monoisotopic (exact) mass is 136 g/mol. The van der Waals surface area contributed by atoms with Crippen LogP contribution in [0.5, 0.6) is 0 Å². The van der Waals surface area contributed by atoms with Crippen molar-refractivity contribution in [2.45, 2.75) is 18.4 Å². The minimum absolute atomic E-state index is 0.509. The molecule has 2 N–H and O–H groups in total. The molecule has 0 spiro atoms. The highest BCUT2D eigenvalue weighted by atomic mass is 14.7. The fourth-order valence-electron chi connectivity index (χ4n) is 0.690. The maximum atomic E-state index is 8.58. The molecule has 0 aliphatic rings. The van der Waals surface area contributed by atoms with Crippen LogP contribution in [0.2, 0.25) is 0 Å². The lowest BCUT2D eigenvalue weighted by atomic mass is 9.95. The molecule has 54 valence electrons. The van der Waals surface area contributed by atoms with Crippen molar-refractivity contribution in [1.82, 2.24) is 0 Å². The Balaban J connectivity index is 4.09. The van der Waals surface area contributed by atoms with Gasteiger partial charge in [0.2, 0.25) is 0 Å². The molecule has 0 saturated heterocycles. The predicted molar refractivity (Wildman–Crippen MR) is 42.2 cm³/mol. The van der Waals surface area contributed by atoms with Gasteiger partial charge in [0.05, 0.1) is 6.07 Å². The predicted octanol–water partition coefficient (Wildman–Crippen LogP) is 1.36. The van der Waals surface area contributed by atoms with Gasteiger partial charge in [-0.25, -0.2) is 0 Å². The molecule has 0 fully saturated rings. The Labute approximate surface area is 61.6 Å². The van der Waals surface area contributed by atoms with E-state index in [1.165, 1.54) is 0 Å². The molecule has 0 amide bonds. The Bertz CT molecular complexity index is 155. The second-order valence-electron chi connectivity index (χ2n) is 2.25. The zero-order valence-electron chi connectivity index (χ0n) is 6.01. The summed E-state index contributed by atoms with van der Waals surface area (Å²) < 4.78 is 0. The third kappa shape index (κ3) is 2.47. The molecule has 0 bridgehead atoms. The first-order chi connectivity index (χ1) is 4.68. The summed E-state index contributed by atoms with van der Waals surface area (Å²) in [5.41, 5.74) is 4.83. The minimum Gasteiger partial charge on any atom is -0.313 e. The highest BCUT2D eigenvalue weighted by molar-refractivity contribution is 5.10. The largest absolute Gasteiger partial charge is 0.313 e. The van der Waals surface area contributed by atoms with Gasteiger partial charge in [0.25, 0.3) is 0 Å². The first-order valence-electron chi connectivity index (χ1n) is 3.10. The zero-order chi connectivity index (χ0) is 8.04. The minimum atomic E-state index is -0.788. The molecule has 10 heavy (non-hydrogen) atoms. The maximum absolute atomic E-state index is 8.58. The number of hydrogen-bond acceptors (Lipinski definition) is 2. The van der Waals surface area contributed by atoms with Gasteiger partial charge in [0.15, 0.2) is 0 Å². The molecule has 0 unspecified atom stereocenters. The van der Waals surface area contributed by atoms with Gasteiger partial charge in [-0.2, -0.15) is 5.26 Å². The smallest absolute Gasteiger partial charge is 0.111 e. The van der Waals surface area contributed by atoms with Crippen LogP contribution in [-0.2, 0) is 0 Å². The number of nitrogens with two attached hydrogens (primary N) is 1. The molecule has 0 aromatic heterocycles. The van der Waals surface area contributed by atoms with E-state index in [1.54, 1.807) is 12.2 Å². The molecule has 0 saturated carbocycles. The van der Waals surface area contributed by atoms with Crippen LogP contribution in [0.1, 0.15) is 12.8 Å². The summed E-state index contributed by atoms with van der Waals surface area (Å²) in [6.07, 6.45) is 4.31. The van der Waals surface area contributed by atoms with Crippen molar-refractivity contribution in [1.29, 1.82) is 5.26 Å². The van der Waals surface area contributed by atoms with Crippen LogP contribution in [0, 0.1) is 11.3 Å². The Kier molecular flexibility index (Phi) is 3.45. The molecule has 2 heteroatoms. The molecule has 0 atom stereocenters. The molecular weight excluding hydrogens is 124 g/mol. The van der Waals surface area contributed by atoms with Crippen molar-refractivity contribution in [2.75, 3.05) is 0 Å². The summed E-state index contributed by atoms with van der Waals surface area (Å²) in [6.45, 7) is 7.02. The van der Waals surface area contributed by atoms with E-state index in [1.807, 2.05) is 6.07 Å². The average Bonchev–Trinajstić information content (AvgIpc) is 1.89. The Morgan fingerprint density at radius 3 is 2.00 bits per heavy atom. The van der Waals surface area contributed by atoms with Crippen molar-refractivity contribution < 1.29 is 0 Å². The lowest BCUT2D eigenvalue weighted by Crippen LogP contribution is -2.36. The van der Waals surface area contributed by atoms with E-state index in [2.05, 4.69) is 13.2 Å². The van der Waals surface area contributed by atoms with E-state index in [-0.39, 0.29) is 0 Å². The Morgan fingerprint density at radius 1 is 1.40 bits per heavy atom. The van der Waals surface area contributed by atoms with Gasteiger partial charge in [-0.05, 0) is 12.8 Å². The van der Waals surface area contributed by atoms with Gasteiger partial charge in [0.1, 0.15) is 5.54 Å². The van der Waals surface area contributed by atoms with Crippen LogP contribution in [-0.4, -0.2) is 5.54 Å². The van der Waals surface area contributed by atoms with Gasteiger partial charge in [-0.15, -0.1) is 13.2 Å². The van der Waals surface area contributed by atoms with Gasteiger partial charge in [-0.1, -0.05) is 12.2 Å². The van der Waals surface area contributed by atoms with Crippen LogP contribution in [0.3, 0.4) is 0 Å². The van der Waals surface area contributed by atoms with E-state index >= 15 is 0 Å². The lowest BCUT2D eigenvalue weighted by molar-refractivity contribution is 0.558. The fourth-order valence-corrected chi connectivity index (χ4v) is 0.690. The third-order valence-electron chi connectivity index (χ3n) is 1.24. The average molecular weight is 136 g/mol. The summed E-state index contributed by atoms with van der Waals surface area (Å²) in [5, 5.41) is 8.58. The van der Waals surface area contributed by atoms with Crippen molar-refractivity contribution >= 4 is 0 Å². The van der Waals surface area contributed by atoms with E-state index in [9.17, 15) is 0 Å². The lowest BCUT2D eigenvalue weighted by Gasteiger charge is -2.16. The first kappa shape index (κ1) is 8.93. The second kappa shape index (κ2) is 3.86. The summed E-state index contributed by atoms with van der Waals surface area (Å²) in [4.78, 5) is 0. The zero-order valence-corrected chi connectivity index (χ0v) is 6.01. The van der Waals surface area contributed by atoms with Crippen LogP contribution < -0.4 is 5.73 Å². The van der Waals surface area contributed by atoms with Crippen LogP contribution in [0.25, 0.3) is 0 Å². The van der Waals surface area contributed by atoms with Crippen molar-refractivity contribution in [3.63, 3.8) is 0 Å². The number of hydrogen-bond donors (Lipinski definition) is 1. The van der Waals surface area contributed by atoms with Gasteiger partial charge in [-0.3, -0.25) is 0 Å². The Morgan fingerprint density at radius 2 is 1.80 bits per heavy atom. The van der Waals surface area contributed by atoms with E-state index in [0.29, 0.717) is 12.8 Å². The molecule has 0 rings (SSSR count). The van der Waals surface area contributed by atoms with E-state index in [4.69, 9.17) is 11.0 Å². The van der Waals surface area contributed by atoms with Crippen LogP contribution in [0.15, 0.2) is 25.3 Å². The SMILES string of the molecule is C=CCC(N)(C#N)CC=C. The summed E-state index contributed by atoms with van der Waals surface area (Å²) in [5.74, 6) is 0. The Hall–Kier alpha value is -1.07. The molecule has 0 aromatic carbocycles. The normalized spacial score (nSPS) is 10.0. The highest BCUT2D eigenvalue weighted by Crippen LogP contribution is 2.10. The van der Waals surface area contributed by atoms with E-state index < -0.39 is 5.54 Å². The summed E-state index contributed by atoms with van der Waals surface area (Å²) in [6, 6.07) is 2.02. The third-order valence-corrected chi connectivity index (χ3v) is 1.24. The number of nitriles is 1. The van der Waals surface area contributed by atoms with E-state index in [0.717, 1.165) is 0 Å². The van der Waals surface area contributed by atoms with Gasteiger partial charge < -0.3 is 5.73 Å². The first-order valence-corrected chi connectivity index (χ1v) is 3.10. The van der Waals surface area contributed by atoms with Crippen LogP contribution >= 0.6 is 0 Å².